The summed E-state index contributed by atoms with van der Waals surface area (Å²) in [6.45, 7) is 1.47. The zero-order valence-electron chi connectivity index (χ0n) is 20.0. The third kappa shape index (κ3) is 3.81. The first-order valence-corrected chi connectivity index (χ1v) is 12.3. The number of hydrogen-bond donors (Lipinski definition) is 2. The van der Waals surface area contributed by atoms with Crippen LogP contribution in [0.25, 0.3) is 11.0 Å². The molecule has 35 heavy (non-hydrogen) atoms. The van der Waals surface area contributed by atoms with Crippen LogP contribution >= 0.6 is 0 Å². The number of amides is 2. The molecule has 182 valence electrons. The zero-order chi connectivity index (χ0) is 24.3. The smallest absolute Gasteiger partial charge is 0.270 e. The molecule has 3 fully saturated rings. The fourth-order valence-corrected chi connectivity index (χ4v) is 5.62. The standard InChI is InChI=1S/C25H30N8O2/c1-31(2)24(35)19-9-15-11-28-25(30-22(15)33(19)16-5-3-4-6-16)29-20-8-7-14(10-27-20)23(34)32-12-17-18(13-32)21(17)26/h7-11,16-18,21H,3-6,12-13,26H2,1-2H3,(H,27,28,29,30)/t17-,18+,21?. The van der Waals surface area contributed by atoms with Crippen molar-refractivity contribution >= 4 is 34.6 Å². The number of nitrogens with zero attached hydrogens (tertiary/aromatic N) is 6. The van der Waals surface area contributed by atoms with E-state index in [2.05, 4.69) is 19.9 Å². The molecule has 2 saturated carbocycles. The highest BCUT2D eigenvalue weighted by atomic mass is 16.2. The largest absolute Gasteiger partial charge is 0.343 e. The van der Waals surface area contributed by atoms with E-state index in [0.29, 0.717) is 34.9 Å². The number of aromatic nitrogens is 4. The topological polar surface area (TPSA) is 122 Å². The van der Waals surface area contributed by atoms with Gasteiger partial charge in [-0.25, -0.2) is 9.97 Å². The predicted molar refractivity (Wildman–Crippen MR) is 131 cm³/mol. The highest BCUT2D eigenvalue weighted by Crippen LogP contribution is 2.44. The second-order valence-electron chi connectivity index (χ2n) is 10.2. The molecule has 0 aromatic carbocycles. The molecule has 1 unspecified atom stereocenters. The lowest BCUT2D eigenvalue weighted by atomic mass is 10.2. The van der Waals surface area contributed by atoms with E-state index in [-0.39, 0.29) is 23.9 Å². The molecule has 2 amide bonds. The second-order valence-corrected chi connectivity index (χ2v) is 10.2. The number of likely N-dealkylation sites (tertiary alicyclic amines) is 1. The van der Waals surface area contributed by atoms with Crippen molar-refractivity contribution in [3.05, 3.63) is 41.9 Å². The van der Waals surface area contributed by atoms with E-state index >= 15 is 0 Å². The van der Waals surface area contributed by atoms with Crippen LogP contribution in [0.1, 0.15) is 52.6 Å². The van der Waals surface area contributed by atoms with Crippen molar-refractivity contribution in [1.82, 2.24) is 29.3 Å². The molecule has 1 aliphatic heterocycles. The Kier molecular flexibility index (Phi) is 5.21. The highest BCUT2D eigenvalue weighted by molar-refractivity contribution is 5.98. The molecule has 10 nitrogen and oxygen atoms in total. The molecule has 6 rings (SSSR count). The van der Waals surface area contributed by atoms with Crippen LogP contribution < -0.4 is 11.1 Å². The summed E-state index contributed by atoms with van der Waals surface area (Å²) in [7, 11) is 3.53. The maximum atomic E-state index is 12.9. The van der Waals surface area contributed by atoms with Crippen LogP contribution in [-0.4, -0.2) is 74.4 Å². The van der Waals surface area contributed by atoms with Crippen LogP contribution in [0.5, 0.6) is 0 Å². The Hall–Kier alpha value is -3.53. The van der Waals surface area contributed by atoms with E-state index in [4.69, 9.17) is 10.7 Å². The Balaban J connectivity index is 1.23. The molecule has 4 heterocycles. The third-order valence-corrected chi connectivity index (χ3v) is 7.69. The molecule has 3 atom stereocenters. The molecule has 3 N–H and O–H groups in total. The van der Waals surface area contributed by atoms with Gasteiger partial charge < -0.3 is 25.4 Å². The first-order chi connectivity index (χ1) is 16.9. The molecule has 3 aromatic rings. The molecule has 1 saturated heterocycles. The molecule has 0 bridgehead atoms. The summed E-state index contributed by atoms with van der Waals surface area (Å²) >= 11 is 0. The van der Waals surface area contributed by atoms with E-state index in [1.807, 2.05) is 11.0 Å². The van der Waals surface area contributed by atoms with Crippen LogP contribution in [0.4, 0.5) is 11.8 Å². The van der Waals surface area contributed by atoms with Crippen molar-refractivity contribution < 1.29 is 9.59 Å². The first-order valence-electron chi connectivity index (χ1n) is 12.3. The minimum atomic E-state index is -0.0383. The highest BCUT2D eigenvalue weighted by Gasteiger charge is 2.54. The summed E-state index contributed by atoms with van der Waals surface area (Å²) < 4.78 is 2.08. The number of fused-ring (bicyclic) bond motifs is 2. The summed E-state index contributed by atoms with van der Waals surface area (Å²) in [5, 5.41) is 3.99. The summed E-state index contributed by atoms with van der Waals surface area (Å²) in [5.74, 6) is 1.82. The van der Waals surface area contributed by atoms with Crippen LogP contribution in [-0.2, 0) is 0 Å². The van der Waals surface area contributed by atoms with Crippen LogP contribution in [0.15, 0.2) is 30.6 Å². The number of anilines is 2. The summed E-state index contributed by atoms with van der Waals surface area (Å²) in [6.07, 6.45) is 7.69. The van der Waals surface area contributed by atoms with Crippen molar-refractivity contribution in [3.8, 4) is 0 Å². The van der Waals surface area contributed by atoms with Gasteiger partial charge in [0.15, 0.2) is 0 Å². The fraction of sp³-hybridized carbons (Fsp3) is 0.480. The van der Waals surface area contributed by atoms with Gasteiger partial charge in [-0.2, -0.15) is 4.98 Å². The normalized spacial score (nSPS) is 23.5. The average molecular weight is 475 g/mol. The number of nitrogens with two attached hydrogens (primary N) is 1. The molecule has 3 aliphatic rings. The maximum Gasteiger partial charge on any atom is 0.270 e. The Morgan fingerprint density at radius 3 is 2.49 bits per heavy atom. The van der Waals surface area contributed by atoms with E-state index in [0.717, 1.165) is 49.8 Å². The van der Waals surface area contributed by atoms with Gasteiger partial charge in [0.25, 0.3) is 11.8 Å². The van der Waals surface area contributed by atoms with Crippen LogP contribution in [0.2, 0.25) is 0 Å². The van der Waals surface area contributed by atoms with Gasteiger partial charge in [-0.15, -0.1) is 0 Å². The van der Waals surface area contributed by atoms with Gasteiger partial charge >= 0.3 is 0 Å². The predicted octanol–water partition coefficient (Wildman–Crippen LogP) is 2.42. The first kappa shape index (κ1) is 22.0. The zero-order valence-corrected chi connectivity index (χ0v) is 20.0. The number of rotatable bonds is 5. The minimum absolute atomic E-state index is 0.00593. The van der Waals surface area contributed by atoms with Crippen molar-refractivity contribution in [1.29, 1.82) is 0 Å². The Labute approximate surface area is 203 Å². The maximum absolute atomic E-state index is 12.9. The third-order valence-electron chi connectivity index (χ3n) is 7.69. The van der Waals surface area contributed by atoms with Crippen molar-refractivity contribution in [3.63, 3.8) is 0 Å². The van der Waals surface area contributed by atoms with Crippen molar-refractivity contribution in [2.75, 3.05) is 32.5 Å². The summed E-state index contributed by atoms with van der Waals surface area (Å²) in [6, 6.07) is 5.93. The number of carbonyl (C=O) groups is 2. The van der Waals surface area contributed by atoms with E-state index < -0.39 is 0 Å². The van der Waals surface area contributed by atoms with Gasteiger partial charge in [-0.3, -0.25) is 9.59 Å². The number of carbonyl (C=O) groups excluding carboxylic acids is 2. The second kappa shape index (κ2) is 8.30. The van der Waals surface area contributed by atoms with Gasteiger partial charge in [-0.05, 0) is 42.9 Å². The van der Waals surface area contributed by atoms with Crippen molar-refractivity contribution in [2.45, 2.75) is 37.8 Å². The van der Waals surface area contributed by atoms with Crippen LogP contribution in [0, 0.1) is 11.8 Å². The lowest BCUT2D eigenvalue weighted by molar-refractivity contribution is 0.0771. The van der Waals surface area contributed by atoms with Gasteiger partial charge in [0.05, 0.1) is 5.56 Å². The van der Waals surface area contributed by atoms with E-state index in [1.165, 1.54) is 0 Å². The fourth-order valence-electron chi connectivity index (χ4n) is 5.62. The Morgan fingerprint density at radius 1 is 1.09 bits per heavy atom. The minimum Gasteiger partial charge on any atom is -0.343 e. The summed E-state index contributed by atoms with van der Waals surface area (Å²) in [5.41, 5.74) is 7.93. The number of pyridine rings is 1. The van der Waals surface area contributed by atoms with E-state index in [9.17, 15) is 9.59 Å². The van der Waals surface area contributed by atoms with Crippen LogP contribution in [0.3, 0.4) is 0 Å². The number of nitrogens with one attached hydrogen (secondary N) is 1. The number of piperidine rings is 1. The number of hydrogen-bond acceptors (Lipinski definition) is 7. The molecule has 10 heteroatoms. The molecular formula is C25H30N8O2. The average Bonchev–Trinajstić information content (AvgIpc) is 3.38. The summed E-state index contributed by atoms with van der Waals surface area (Å²) in [4.78, 5) is 42.7. The lowest BCUT2D eigenvalue weighted by Gasteiger charge is -2.19. The van der Waals surface area contributed by atoms with Gasteiger partial charge in [-0.1, -0.05) is 12.8 Å². The SMILES string of the molecule is CN(C)C(=O)c1cc2cnc(Nc3ccc(C(=O)N4C[C@@H]5C(N)[C@@H]5C4)cn3)nc2n1C1CCCC1. The monoisotopic (exact) mass is 474 g/mol. The molecule has 2 aliphatic carbocycles. The molecule has 0 radical (unpaired) electrons. The van der Waals surface area contributed by atoms with Gasteiger partial charge in [0, 0.05) is 57.0 Å². The lowest BCUT2D eigenvalue weighted by Crippen LogP contribution is -2.33. The van der Waals surface area contributed by atoms with Crippen molar-refractivity contribution in [2.24, 2.45) is 17.6 Å². The van der Waals surface area contributed by atoms with Gasteiger partial charge in [0.2, 0.25) is 5.95 Å². The Morgan fingerprint density at radius 2 is 1.83 bits per heavy atom. The molecular weight excluding hydrogens is 444 g/mol. The van der Waals surface area contributed by atoms with E-state index in [1.54, 1.807) is 43.5 Å². The van der Waals surface area contributed by atoms with Gasteiger partial charge in [0.1, 0.15) is 17.2 Å². The Bertz CT molecular complexity index is 1280. The quantitative estimate of drug-likeness (QED) is 0.582. The molecule has 3 aromatic heterocycles. The molecule has 0 spiro atoms.